The third-order valence-electron chi connectivity index (χ3n) is 3.24. The largest absolute Gasteiger partial charge is 0.496 e. The quantitative estimate of drug-likeness (QED) is 0.716. The lowest BCUT2D eigenvalue weighted by molar-refractivity contribution is -0.126. The fourth-order valence-electron chi connectivity index (χ4n) is 2.08. The topological polar surface area (TPSA) is 84.6 Å². The Morgan fingerprint density at radius 2 is 2.10 bits per heavy atom. The monoisotopic (exact) mass is 316 g/mol. The number of para-hydroxylation sites is 1. The zero-order valence-electron chi connectivity index (χ0n) is 12.8. The molecule has 6 heteroatoms. The lowest BCUT2D eigenvalue weighted by atomic mass is 9.96. The maximum absolute atomic E-state index is 12.0. The van der Waals surface area contributed by atoms with Crippen molar-refractivity contribution < 1.29 is 14.6 Å². The third kappa shape index (κ3) is 5.53. The van der Waals surface area contributed by atoms with Gasteiger partial charge in [-0.3, -0.25) is 4.79 Å². The number of rotatable bonds is 7. The molecule has 1 rings (SSSR count). The Bertz CT molecular complexity index is 452. The number of aliphatic hydroxyl groups excluding tert-OH is 1. The van der Waals surface area contributed by atoms with Crippen molar-refractivity contribution in [3.05, 3.63) is 29.8 Å². The van der Waals surface area contributed by atoms with Crippen LogP contribution >= 0.6 is 12.4 Å². The van der Waals surface area contributed by atoms with Crippen LogP contribution in [-0.2, 0) is 4.79 Å². The minimum absolute atomic E-state index is 0. The van der Waals surface area contributed by atoms with Crippen molar-refractivity contribution in [3.8, 4) is 5.75 Å². The Labute approximate surface area is 132 Å². The second-order valence-corrected chi connectivity index (χ2v) is 5.14. The highest BCUT2D eigenvalue weighted by Gasteiger charge is 2.27. The summed E-state index contributed by atoms with van der Waals surface area (Å²) in [7, 11) is 1.54. The van der Waals surface area contributed by atoms with Gasteiger partial charge in [-0.1, -0.05) is 31.5 Å². The summed E-state index contributed by atoms with van der Waals surface area (Å²) in [5.74, 6) is 0.339. The standard InChI is InChI=1S/C15H24N2O3.ClH/c1-4-9-15(2,16)14(19)17-10-12(18)11-7-5-6-8-13(11)20-3;/h5-8,12,18H,4,9-10,16H2,1-3H3,(H,17,19);1H. The zero-order chi connectivity index (χ0) is 15.2. The van der Waals surface area contributed by atoms with Gasteiger partial charge in [-0.05, 0) is 19.4 Å². The van der Waals surface area contributed by atoms with Crippen LogP contribution < -0.4 is 15.8 Å². The molecule has 2 unspecified atom stereocenters. The van der Waals surface area contributed by atoms with Crippen LogP contribution in [0, 0.1) is 0 Å². The smallest absolute Gasteiger partial charge is 0.239 e. The van der Waals surface area contributed by atoms with Crippen molar-refractivity contribution in [1.29, 1.82) is 0 Å². The maximum atomic E-state index is 12.0. The molecule has 0 fully saturated rings. The average Bonchev–Trinajstić information content (AvgIpc) is 2.44. The number of halogens is 1. The van der Waals surface area contributed by atoms with Crippen LogP contribution in [0.25, 0.3) is 0 Å². The van der Waals surface area contributed by atoms with Gasteiger partial charge in [-0.15, -0.1) is 12.4 Å². The van der Waals surface area contributed by atoms with Crippen LogP contribution in [0.4, 0.5) is 0 Å². The maximum Gasteiger partial charge on any atom is 0.239 e. The molecule has 21 heavy (non-hydrogen) atoms. The molecule has 120 valence electrons. The van der Waals surface area contributed by atoms with Gasteiger partial charge >= 0.3 is 0 Å². The number of benzene rings is 1. The normalized spacial score (nSPS) is 14.5. The van der Waals surface area contributed by atoms with Gasteiger partial charge in [0.25, 0.3) is 0 Å². The van der Waals surface area contributed by atoms with E-state index < -0.39 is 11.6 Å². The molecule has 0 saturated carbocycles. The summed E-state index contributed by atoms with van der Waals surface area (Å²) in [4.78, 5) is 12.0. The number of ether oxygens (including phenoxy) is 1. The highest BCUT2D eigenvalue weighted by atomic mass is 35.5. The average molecular weight is 317 g/mol. The second-order valence-electron chi connectivity index (χ2n) is 5.14. The Balaban J connectivity index is 0.00000400. The first kappa shape index (κ1) is 19.7. The lowest BCUT2D eigenvalue weighted by Crippen LogP contribution is -2.52. The van der Waals surface area contributed by atoms with E-state index in [9.17, 15) is 9.90 Å². The Kier molecular flexibility index (Phi) is 8.32. The number of nitrogens with one attached hydrogen (secondary N) is 1. The molecular formula is C15H25ClN2O3. The van der Waals surface area contributed by atoms with Crippen LogP contribution in [0.5, 0.6) is 5.75 Å². The van der Waals surface area contributed by atoms with E-state index in [4.69, 9.17) is 10.5 Å². The second kappa shape index (κ2) is 8.87. The molecule has 4 N–H and O–H groups in total. The minimum atomic E-state index is -0.907. The summed E-state index contributed by atoms with van der Waals surface area (Å²) < 4.78 is 5.18. The summed E-state index contributed by atoms with van der Waals surface area (Å²) in [6.45, 7) is 3.78. The van der Waals surface area contributed by atoms with E-state index in [0.717, 1.165) is 6.42 Å². The van der Waals surface area contributed by atoms with Gasteiger partial charge in [0.1, 0.15) is 5.75 Å². The van der Waals surface area contributed by atoms with Crippen LogP contribution in [-0.4, -0.2) is 30.2 Å². The van der Waals surface area contributed by atoms with Gasteiger partial charge in [0, 0.05) is 12.1 Å². The molecule has 0 radical (unpaired) electrons. The van der Waals surface area contributed by atoms with Crippen molar-refractivity contribution in [3.63, 3.8) is 0 Å². The van der Waals surface area contributed by atoms with E-state index in [1.807, 2.05) is 19.1 Å². The molecule has 5 nitrogen and oxygen atoms in total. The van der Waals surface area contributed by atoms with Gasteiger partial charge in [-0.25, -0.2) is 0 Å². The predicted octanol–water partition coefficient (Wildman–Crippen LogP) is 1.78. The van der Waals surface area contributed by atoms with Crippen LogP contribution in [0.1, 0.15) is 38.4 Å². The van der Waals surface area contributed by atoms with Crippen LogP contribution in [0.15, 0.2) is 24.3 Å². The number of carbonyl (C=O) groups excluding carboxylic acids is 1. The zero-order valence-corrected chi connectivity index (χ0v) is 13.6. The van der Waals surface area contributed by atoms with Crippen molar-refractivity contribution in [1.82, 2.24) is 5.32 Å². The van der Waals surface area contributed by atoms with E-state index in [-0.39, 0.29) is 24.9 Å². The molecule has 0 spiro atoms. The Morgan fingerprint density at radius 1 is 1.48 bits per heavy atom. The van der Waals surface area contributed by atoms with E-state index in [1.165, 1.54) is 0 Å². The molecule has 0 saturated heterocycles. The third-order valence-corrected chi connectivity index (χ3v) is 3.24. The Morgan fingerprint density at radius 3 is 2.67 bits per heavy atom. The van der Waals surface area contributed by atoms with Crippen LogP contribution in [0.3, 0.4) is 0 Å². The fourth-order valence-corrected chi connectivity index (χ4v) is 2.08. The number of hydrogen-bond donors (Lipinski definition) is 3. The molecule has 2 atom stereocenters. The van der Waals surface area contributed by atoms with E-state index in [0.29, 0.717) is 17.7 Å². The van der Waals surface area contributed by atoms with Gasteiger partial charge in [-0.2, -0.15) is 0 Å². The van der Waals surface area contributed by atoms with Crippen LogP contribution in [0.2, 0.25) is 0 Å². The molecule has 0 aliphatic rings. The first-order chi connectivity index (χ1) is 9.42. The molecule has 0 bridgehead atoms. The fraction of sp³-hybridized carbons (Fsp3) is 0.533. The van der Waals surface area contributed by atoms with E-state index in [1.54, 1.807) is 26.2 Å². The summed E-state index contributed by atoms with van der Waals surface area (Å²) in [6.07, 6.45) is 0.603. The molecule has 0 aromatic heterocycles. The minimum Gasteiger partial charge on any atom is -0.496 e. The van der Waals surface area contributed by atoms with Gasteiger partial charge < -0.3 is 20.9 Å². The van der Waals surface area contributed by atoms with Crippen molar-refractivity contribution in [2.45, 2.75) is 38.3 Å². The number of carbonyl (C=O) groups is 1. The van der Waals surface area contributed by atoms with Crippen molar-refractivity contribution >= 4 is 18.3 Å². The number of amides is 1. The summed E-state index contributed by atoms with van der Waals surface area (Å²) >= 11 is 0. The van der Waals surface area contributed by atoms with Gasteiger partial charge in [0.05, 0.1) is 18.8 Å². The van der Waals surface area contributed by atoms with Gasteiger partial charge in [0.15, 0.2) is 0 Å². The highest BCUT2D eigenvalue weighted by Crippen LogP contribution is 2.24. The van der Waals surface area contributed by atoms with Gasteiger partial charge in [0.2, 0.25) is 5.91 Å². The molecule has 0 aliphatic carbocycles. The van der Waals surface area contributed by atoms with E-state index >= 15 is 0 Å². The summed E-state index contributed by atoms with van der Waals surface area (Å²) in [5, 5.41) is 12.8. The SMILES string of the molecule is CCCC(C)(N)C(=O)NCC(O)c1ccccc1OC.Cl. The first-order valence-electron chi connectivity index (χ1n) is 6.80. The number of aliphatic hydroxyl groups is 1. The number of nitrogens with two attached hydrogens (primary N) is 1. The Hall–Kier alpha value is -1.30. The van der Waals surface area contributed by atoms with Crippen molar-refractivity contribution in [2.24, 2.45) is 5.73 Å². The van der Waals surface area contributed by atoms with Crippen molar-refractivity contribution in [2.75, 3.05) is 13.7 Å². The number of hydrogen-bond acceptors (Lipinski definition) is 4. The molecule has 1 aromatic carbocycles. The molecule has 1 amide bonds. The molecular weight excluding hydrogens is 292 g/mol. The summed E-state index contributed by atoms with van der Waals surface area (Å²) in [6, 6.07) is 7.17. The first-order valence-corrected chi connectivity index (χ1v) is 6.80. The van der Waals surface area contributed by atoms with E-state index in [2.05, 4.69) is 5.32 Å². The molecule has 0 aliphatic heterocycles. The molecule has 1 aromatic rings. The molecule has 0 heterocycles. The summed E-state index contributed by atoms with van der Waals surface area (Å²) in [5.41, 5.74) is 5.67. The number of methoxy groups -OCH3 is 1. The predicted molar refractivity (Wildman–Crippen MR) is 85.7 cm³/mol. The lowest BCUT2D eigenvalue weighted by Gasteiger charge is -2.24. The highest BCUT2D eigenvalue weighted by molar-refractivity contribution is 5.85.